The van der Waals surface area contributed by atoms with Crippen molar-refractivity contribution in [1.29, 1.82) is 0 Å². The lowest BCUT2D eigenvalue weighted by Gasteiger charge is -2.09. The summed E-state index contributed by atoms with van der Waals surface area (Å²) in [4.78, 5) is 11.7. The summed E-state index contributed by atoms with van der Waals surface area (Å²) in [7, 11) is 1.91. The lowest BCUT2D eigenvalue weighted by atomic mass is 9.95. The Morgan fingerprint density at radius 3 is 2.55 bits per heavy atom. The molecular formula is C17H20N2O. The van der Waals surface area contributed by atoms with E-state index >= 15 is 0 Å². The highest BCUT2D eigenvalue weighted by atomic mass is 16.1. The van der Waals surface area contributed by atoms with Gasteiger partial charge in [-0.25, -0.2) is 0 Å². The summed E-state index contributed by atoms with van der Waals surface area (Å²) in [5, 5.41) is 4.20. The van der Waals surface area contributed by atoms with Gasteiger partial charge in [0.2, 0.25) is 0 Å². The number of aryl methyl sites for hydroxylation is 1. The number of carbonyl (C=O) groups excluding carboxylic acids is 1. The van der Waals surface area contributed by atoms with Crippen molar-refractivity contribution in [2.24, 2.45) is 7.05 Å². The molecule has 0 N–H and O–H groups in total. The van der Waals surface area contributed by atoms with Gasteiger partial charge in [-0.3, -0.25) is 9.48 Å². The fourth-order valence-electron chi connectivity index (χ4n) is 2.45. The van der Waals surface area contributed by atoms with Gasteiger partial charge in [0, 0.05) is 18.8 Å². The van der Waals surface area contributed by atoms with Gasteiger partial charge >= 0.3 is 0 Å². The molecule has 0 aliphatic rings. The number of Topliss-reactive ketones (excluding diaryl/α,β-unsaturated/α-hetero) is 1. The molecule has 0 fully saturated rings. The predicted octanol–water partition coefficient (Wildman–Crippen LogP) is 3.86. The van der Waals surface area contributed by atoms with Gasteiger partial charge in [-0.2, -0.15) is 5.10 Å². The Labute approximate surface area is 119 Å². The SMILES string of the molecule is CCC(C(C)=O)=C(C)c1cccc(-c2cnn(C)c2)c1. The first-order valence-corrected chi connectivity index (χ1v) is 6.83. The lowest BCUT2D eigenvalue weighted by Crippen LogP contribution is -1.98. The molecule has 0 atom stereocenters. The van der Waals surface area contributed by atoms with Crippen molar-refractivity contribution in [3.8, 4) is 11.1 Å². The molecule has 20 heavy (non-hydrogen) atoms. The van der Waals surface area contributed by atoms with E-state index in [2.05, 4.69) is 17.2 Å². The molecule has 0 radical (unpaired) electrons. The van der Waals surface area contributed by atoms with Gasteiger partial charge in [0.25, 0.3) is 0 Å². The van der Waals surface area contributed by atoms with Gasteiger partial charge in [-0.1, -0.05) is 25.1 Å². The molecule has 1 aromatic carbocycles. The molecular weight excluding hydrogens is 248 g/mol. The summed E-state index contributed by atoms with van der Waals surface area (Å²) in [6.45, 7) is 5.67. The standard InChI is InChI=1S/C17H20N2O/c1-5-17(13(3)20)12(2)14-7-6-8-15(9-14)16-10-18-19(4)11-16/h6-11H,5H2,1-4H3. The second-order valence-electron chi connectivity index (χ2n) is 5.00. The zero-order valence-electron chi connectivity index (χ0n) is 12.5. The van der Waals surface area contributed by atoms with E-state index in [1.54, 1.807) is 11.6 Å². The number of benzene rings is 1. The zero-order chi connectivity index (χ0) is 14.7. The van der Waals surface area contributed by atoms with Crippen LogP contribution in [0, 0.1) is 0 Å². The van der Waals surface area contributed by atoms with Crippen LogP contribution >= 0.6 is 0 Å². The average Bonchev–Trinajstić information content (AvgIpc) is 2.86. The molecule has 3 nitrogen and oxygen atoms in total. The van der Waals surface area contributed by atoms with Crippen LogP contribution in [-0.2, 0) is 11.8 Å². The summed E-state index contributed by atoms with van der Waals surface area (Å²) in [6, 6.07) is 8.25. The van der Waals surface area contributed by atoms with Crippen molar-refractivity contribution in [1.82, 2.24) is 9.78 Å². The van der Waals surface area contributed by atoms with E-state index in [9.17, 15) is 4.79 Å². The molecule has 3 heteroatoms. The average molecular weight is 268 g/mol. The van der Waals surface area contributed by atoms with Gasteiger partial charge in [0.1, 0.15) is 0 Å². The Morgan fingerprint density at radius 1 is 1.25 bits per heavy atom. The number of hydrogen-bond acceptors (Lipinski definition) is 2. The highest BCUT2D eigenvalue weighted by molar-refractivity contribution is 6.00. The van der Waals surface area contributed by atoms with Gasteiger partial charge in [-0.15, -0.1) is 0 Å². The van der Waals surface area contributed by atoms with Crippen LogP contribution < -0.4 is 0 Å². The molecule has 0 saturated carbocycles. The Hall–Kier alpha value is -2.16. The molecule has 0 unspecified atom stereocenters. The molecule has 0 aliphatic heterocycles. The molecule has 0 bridgehead atoms. The Morgan fingerprint density at radius 2 is 2.00 bits per heavy atom. The van der Waals surface area contributed by atoms with Crippen LogP contribution in [0.2, 0.25) is 0 Å². The summed E-state index contributed by atoms with van der Waals surface area (Å²) in [5.74, 6) is 0.150. The quantitative estimate of drug-likeness (QED) is 0.789. The molecule has 0 spiro atoms. The zero-order valence-corrected chi connectivity index (χ0v) is 12.5. The highest BCUT2D eigenvalue weighted by Gasteiger charge is 2.09. The van der Waals surface area contributed by atoms with Gasteiger partial charge in [0.15, 0.2) is 5.78 Å². The number of ketones is 1. The van der Waals surface area contributed by atoms with Crippen LogP contribution in [0.4, 0.5) is 0 Å². The summed E-state index contributed by atoms with van der Waals surface area (Å²) < 4.78 is 1.79. The van der Waals surface area contributed by atoms with Crippen molar-refractivity contribution in [2.45, 2.75) is 27.2 Å². The van der Waals surface area contributed by atoms with Crippen molar-refractivity contribution >= 4 is 11.4 Å². The Kier molecular flexibility index (Phi) is 4.18. The topological polar surface area (TPSA) is 34.9 Å². The van der Waals surface area contributed by atoms with E-state index in [0.29, 0.717) is 0 Å². The van der Waals surface area contributed by atoms with Gasteiger partial charge in [0.05, 0.1) is 6.20 Å². The van der Waals surface area contributed by atoms with E-state index in [4.69, 9.17) is 0 Å². The van der Waals surface area contributed by atoms with Gasteiger partial charge in [-0.05, 0) is 48.6 Å². The Balaban J connectivity index is 2.47. The van der Waals surface area contributed by atoms with Crippen LogP contribution in [0.25, 0.3) is 16.7 Å². The van der Waals surface area contributed by atoms with Crippen molar-refractivity contribution in [3.05, 3.63) is 47.8 Å². The first-order valence-electron chi connectivity index (χ1n) is 6.83. The molecule has 0 amide bonds. The number of aromatic nitrogens is 2. The number of hydrogen-bond donors (Lipinski definition) is 0. The lowest BCUT2D eigenvalue weighted by molar-refractivity contribution is -0.113. The smallest absolute Gasteiger partial charge is 0.156 e. The van der Waals surface area contributed by atoms with Crippen molar-refractivity contribution in [3.63, 3.8) is 0 Å². The van der Waals surface area contributed by atoms with E-state index in [1.165, 1.54) is 0 Å². The maximum atomic E-state index is 11.7. The molecule has 2 aromatic rings. The molecule has 2 rings (SSSR count). The van der Waals surface area contributed by atoms with Crippen molar-refractivity contribution < 1.29 is 4.79 Å². The first-order chi connectivity index (χ1) is 9.52. The van der Waals surface area contributed by atoms with Gasteiger partial charge < -0.3 is 0 Å². The largest absolute Gasteiger partial charge is 0.295 e. The second kappa shape index (κ2) is 5.87. The van der Waals surface area contributed by atoms with Crippen molar-refractivity contribution in [2.75, 3.05) is 0 Å². The third kappa shape index (κ3) is 2.87. The van der Waals surface area contributed by atoms with Crippen LogP contribution in [0.3, 0.4) is 0 Å². The second-order valence-corrected chi connectivity index (χ2v) is 5.00. The normalized spacial score (nSPS) is 12.2. The number of allylic oxidation sites excluding steroid dienone is 2. The monoisotopic (exact) mass is 268 g/mol. The third-order valence-corrected chi connectivity index (χ3v) is 3.56. The number of nitrogens with zero attached hydrogens (tertiary/aromatic N) is 2. The molecule has 1 heterocycles. The molecule has 0 saturated heterocycles. The van der Waals surface area contributed by atoms with Crippen LogP contribution in [0.5, 0.6) is 0 Å². The van der Waals surface area contributed by atoms with Crippen LogP contribution in [0.15, 0.2) is 42.2 Å². The van der Waals surface area contributed by atoms with Crippen LogP contribution in [-0.4, -0.2) is 15.6 Å². The Bertz CT molecular complexity index is 665. The molecule has 104 valence electrons. The third-order valence-electron chi connectivity index (χ3n) is 3.56. The maximum Gasteiger partial charge on any atom is 0.156 e. The van der Waals surface area contributed by atoms with E-state index < -0.39 is 0 Å². The summed E-state index contributed by atoms with van der Waals surface area (Å²) >= 11 is 0. The van der Waals surface area contributed by atoms with E-state index in [0.717, 1.165) is 34.3 Å². The number of rotatable bonds is 4. The van der Waals surface area contributed by atoms with E-state index in [1.807, 2.05) is 45.4 Å². The predicted molar refractivity (Wildman–Crippen MR) is 82.2 cm³/mol. The summed E-state index contributed by atoms with van der Waals surface area (Å²) in [5.41, 5.74) is 5.26. The molecule has 1 aromatic heterocycles. The molecule has 0 aliphatic carbocycles. The fraction of sp³-hybridized carbons (Fsp3) is 0.294. The number of carbonyl (C=O) groups is 1. The maximum absolute atomic E-state index is 11.7. The van der Waals surface area contributed by atoms with E-state index in [-0.39, 0.29) is 5.78 Å². The minimum atomic E-state index is 0.150. The first kappa shape index (κ1) is 14.3. The van der Waals surface area contributed by atoms with Crippen LogP contribution in [0.1, 0.15) is 32.8 Å². The fourth-order valence-corrected chi connectivity index (χ4v) is 2.45. The highest BCUT2D eigenvalue weighted by Crippen LogP contribution is 2.26. The minimum absolute atomic E-state index is 0.150. The minimum Gasteiger partial charge on any atom is -0.295 e. The summed E-state index contributed by atoms with van der Waals surface area (Å²) in [6.07, 6.45) is 4.60.